The van der Waals surface area contributed by atoms with E-state index < -0.39 is 0 Å². The van der Waals surface area contributed by atoms with Crippen molar-refractivity contribution >= 4 is 0 Å². The fraction of sp³-hybridized carbons (Fsp3) is 1.00. The summed E-state index contributed by atoms with van der Waals surface area (Å²) < 4.78 is 0. The average molecular weight is 212 g/mol. The highest BCUT2D eigenvalue weighted by Gasteiger charge is 2.27. The number of hydrogen-bond donors (Lipinski definition) is 1. The molecule has 1 saturated heterocycles. The first-order valence-electron chi connectivity index (χ1n) is 6.64. The molecule has 2 N–H and O–H groups in total. The summed E-state index contributed by atoms with van der Waals surface area (Å²) in [6, 6.07) is 1.39. The summed E-state index contributed by atoms with van der Waals surface area (Å²) in [7, 11) is 0. The van der Waals surface area contributed by atoms with E-state index in [0.29, 0.717) is 6.04 Å². The van der Waals surface area contributed by atoms with Crippen LogP contribution in [0, 0.1) is 5.92 Å². The Bertz CT molecular complexity index is 170. The van der Waals surface area contributed by atoms with Gasteiger partial charge in [-0.2, -0.15) is 0 Å². The van der Waals surface area contributed by atoms with Crippen LogP contribution in [-0.2, 0) is 0 Å². The molecule has 2 heteroatoms. The minimum absolute atomic E-state index is 0.646. The lowest BCUT2D eigenvalue weighted by atomic mass is 9.94. The minimum Gasteiger partial charge on any atom is -0.329 e. The molecule has 1 aliphatic heterocycles. The van der Waals surface area contributed by atoms with Crippen LogP contribution in [-0.4, -0.2) is 30.1 Å². The van der Waals surface area contributed by atoms with Crippen molar-refractivity contribution in [1.82, 2.24) is 4.90 Å². The number of rotatable bonds is 5. The molecule has 0 aliphatic carbocycles. The molecule has 0 bridgehead atoms. The predicted molar refractivity (Wildman–Crippen MR) is 66.9 cm³/mol. The Morgan fingerprint density at radius 1 is 1.40 bits per heavy atom. The van der Waals surface area contributed by atoms with Crippen LogP contribution >= 0.6 is 0 Å². The van der Waals surface area contributed by atoms with E-state index in [9.17, 15) is 0 Å². The Morgan fingerprint density at radius 3 is 2.73 bits per heavy atom. The van der Waals surface area contributed by atoms with E-state index in [0.717, 1.165) is 18.5 Å². The second-order valence-electron chi connectivity index (χ2n) is 5.26. The first kappa shape index (κ1) is 13.0. The number of nitrogens with two attached hydrogens (primary N) is 1. The second-order valence-corrected chi connectivity index (χ2v) is 5.26. The summed E-state index contributed by atoms with van der Waals surface area (Å²) in [5.41, 5.74) is 5.86. The van der Waals surface area contributed by atoms with Gasteiger partial charge in [0.2, 0.25) is 0 Å². The van der Waals surface area contributed by atoms with E-state index in [1.807, 2.05) is 0 Å². The fourth-order valence-electron chi connectivity index (χ4n) is 2.87. The minimum atomic E-state index is 0.646. The molecule has 0 aromatic carbocycles. The standard InChI is InChI=1S/C13H28N2/c1-4-6-11(2)10-15-12(3)7-5-8-13(15)9-14/h11-13H,4-10,14H2,1-3H3. The first-order chi connectivity index (χ1) is 7.19. The Hall–Kier alpha value is -0.0800. The largest absolute Gasteiger partial charge is 0.329 e. The van der Waals surface area contributed by atoms with Gasteiger partial charge < -0.3 is 5.73 Å². The van der Waals surface area contributed by atoms with Gasteiger partial charge in [-0.05, 0) is 32.1 Å². The number of likely N-dealkylation sites (tertiary alicyclic amines) is 1. The van der Waals surface area contributed by atoms with Gasteiger partial charge in [-0.25, -0.2) is 0 Å². The van der Waals surface area contributed by atoms with Crippen LogP contribution in [0.4, 0.5) is 0 Å². The van der Waals surface area contributed by atoms with Crippen LogP contribution in [0.15, 0.2) is 0 Å². The molecule has 0 amide bonds. The van der Waals surface area contributed by atoms with Crippen molar-refractivity contribution in [2.75, 3.05) is 13.1 Å². The summed E-state index contributed by atoms with van der Waals surface area (Å²) in [5, 5.41) is 0. The van der Waals surface area contributed by atoms with E-state index >= 15 is 0 Å². The highest BCUT2D eigenvalue weighted by Crippen LogP contribution is 2.24. The number of piperidine rings is 1. The van der Waals surface area contributed by atoms with Crippen LogP contribution in [0.1, 0.15) is 52.9 Å². The predicted octanol–water partition coefficient (Wildman–Crippen LogP) is 2.62. The number of nitrogens with zero attached hydrogens (tertiary/aromatic N) is 1. The van der Waals surface area contributed by atoms with Crippen LogP contribution in [0.5, 0.6) is 0 Å². The molecule has 0 aromatic rings. The van der Waals surface area contributed by atoms with Crippen molar-refractivity contribution in [3.05, 3.63) is 0 Å². The highest BCUT2D eigenvalue weighted by atomic mass is 15.2. The molecule has 0 radical (unpaired) electrons. The summed E-state index contributed by atoms with van der Waals surface area (Å²) in [5.74, 6) is 0.824. The third kappa shape index (κ3) is 3.76. The van der Waals surface area contributed by atoms with Crippen LogP contribution < -0.4 is 5.73 Å². The molecule has 15 heavy (non-hydrogen) atoms. The van der Waals surface area contributed by atoms with E-state index in [4.69, 9.17) is 5.73 Å². The molecule has 3 atom stereocenters. The van der Waals surface area contributed by atoms with Gasteiger partial charge in [0, 0.05) is 25.2 Å². The van der Waals surface area contributed by atoms with Gasteiger partial charge in [-0.3, -0.25) is 4.90 Å². The van der Waals surface area contributed by atoms with Gasteiger partial charge in [0.15, 0.2) is 0 Å². The van der Waals surface area contributed by atoms with Crippen LogP contribution in [0.2, 0.25) is 0 Å². The van der Waals surface area contributed by atoms with E-state index in [1.54, 1.807) is 0 Å². The van der Waals surface area contributed by atoms with Crippen molar-refractivity contribution < 1.29 is 0 Å². The van der Waals surface area contributed by atoms with E-state index in [2.05, 4.69) is 25.7 Å². The zero-order valence-electron chi connectivity index (χ0n) is 10.7. The first-order valence-corrected chi connectivity index (χ1v) is 6.64. The van der Waals surface area contributed by atoms with Crippen LogP contribution in [0.3, 0.4) is 0 Å². The van der Waals surface area contributed by atoms with Gasteiger partial charge >= 0.3 is 0 Å². The van der Waals surface area contributed by atoms with Crippen molar-refractivity contribution in [2.24, 2.45) is 11.7 Å². The molecule has 2 nitrogen and oxygen atoms in total. The zero-order valence-corrected chi connectivity index (χ0v) is 10.7. The molecule has 1 rings (SSSR count). The fourth-order valence-corrected chi connectivity index (χ4v) is 2.87. The van der Waals surface area contributed by atoms with Crippen molar-refractivity contribution in [3.63, 3.8) is 0 Å². The Kier molecular flexibility index (Phi) is 5.62. The molecular formula is C13H28N2. The topological polar surface area (TPSA) is 29.3 Å². The van der Waals surface area contributed by atoms with Gasteiger partial charge in [-0.1, -0.05) is 26.7 Å². The quantitative estimate of drug-likeness (QED) is 0.759. The van der Waals surface area contributed by atoms with Crippen LogP contribution in [0.25, 0.3) is 0 Å². The summed E-state index contributed by atoms with van der Waals surface area (Å²) in [4.78, 5) is 2.66. The lowest BCUT2D eigenvalue weighted by molar-refractivity contribution is 0.0797. The maximum absolute atomic E-state index is 5.86. The summed E-state index contributed by atoms with van der Waals surface area (Å²) in [6.07, 6.45) is 6.67. The lowest BCUT2D eigenvalue weighted by Gasteiger charge is -2.41. The SMILES string of the molecule is CCCC(C)CN1C(C)CCCC1CN. The van der Waals surface area contributed by atoms with Gasteiger partial charge in [-0.15, -0.1) is 0 Å². The molecule has 0 spiro atoms. The Labute approximate surface area is 95.2 Å². The normalized spacial score (nSPS) is 30.4. The van der Waals surface area contributed by atoms with E-state index in [1.165, 1.54) is 38.6 Å². The smallest absolute Gasteiger partial charge is 0.0221 e. The Morgan fingerprint density at radius 2 is 2.13 bits per heavy atom. The van der Waals surface area contributed by atoms with Crippen molar-refractivity contribution in [3.8, 4) is 0 Å². The van der Waals surface area contributed by atoms with Crippen molar-refractivity contribution in [2.45, 2.75) is 65.0 Å². The number of hydrogen-bond acceptors (Lipinski definition) is 2. The molecule has 3 unspecified atom stereocenters. The lowest BCUT2D eigenvalue weighted by Crippen LogP contribution is -2.50. The summed E-state index contributed by atoms with van der Waals surface area (Å²) >= 11 is 0. The maximum Gasteiger partial charge on any atom is 0.0221 e. The third-order valence-electron chi connectivity index (χ3n) is 3.77. The maximum atomic E-state index is 5.86. The molecule has 1 heterocycles. The average Bonchev–Trinajstić information content (AvgIpc) is 2.21. The molecule has 90 valence electrons. The highest BCUT2D eigenvalue weighted by molar-refractivity contribution is 4.83. The third-order valence-corrected chi connectivity index (χ3v) is 3.77. The van der Waals surface area contributed by atoms with Crippen molar-refractivity contribution in [1.29, 1.82) is 0 Å². The molecule has 1 fully saturated rings. The molecule has 1 aliphatic rings. The molecule has 0 saturated carbocycles. The molecular weight excluding hydrogens is 184 g/mol. The Balaban J connectivity index is 2.46. The van der Waals surface area contributed by atoms with Gasteiger partial charge in [0.1, 0.15) is 0 Å². The van der Waals surface area contributed by atoms with Gasteiger partial charge in [0.25, 0.3) is 0 Å². The van der Waals surface area contributed by atoms with Gasteiger partial charge in [0.05, 0.1) is 0 Å². The summed E-state index contributed by atoms with van der Waals surface area (Å²) in [6.45, 7) is 9.09. The zero-order chi connectivity index (χ0) is 11.3. The second kappa shape index (κ2) is 6.49. The molecule has 0 aromatic heterocycles. The monoisotopic (exact) mass is 212 g/mol. The van der Waals surface area contributed by atoms with E-state index in [-0.39, 0.29) is 0 Å².